The van der Waals surface area contributed by atoms with E-state index >= 15 is 0 Å². The molecule has 0 saturated carbocycles. The third-order valence-electron chi connectivity index (χ3n) is 8.19. The zero-order valence-electron chi connectivity index (χ0n) is 20.8. The second-order valence-electron chi connectivity index (χ2n) is 10.1. The number of benzene rings is 7. The van der Waals surface area contributed by atoms with E-state index in [4.69, 9.17) is 4.74 Å². The SMILES string of the molecule is c1ccc(C2(c3ccc4c5ccccc5c5ccccc5c4c3)c3ccccc3Oc3ccccc32)cc1. The molecule has 0 aliphatic carbocycles. The Labute approximate surface area is 221 Å². The van der Waals surface area contributed by atoms with Crippen molar-refractivity contribution in [3.05, 3.63) is 168 Å². The van der Waals surface area contributed by atoms with Crippen molar-refractivity contribution in [3.8, 4) is 11.5 Å². The Morgan fingerprint density at radius 2 is 0.789 bits per heavy atom. The fourth-order valence-electron chi connectivity index (χ4n) is 6.61. The number of hydrogen-bond acceptors (Lipinski definition) is 1. The number of hydrogen-bond donors (Lipinski definition) is 0. The van der Waals surface area contributed by atoms with Gasteiger partial charge in [-0.2, -0.15) is 0 Å². The molecule has 1 aliphatic rings. The normalized spacial score (nSPS) is 13.7. The van der Waals surface area contributed by atoms with Crippen molar-refractivity contribution in [1.29, 1.82) is 0 Å². The lowest BCUT2D eigenvalue weighted by Gasteiger charge is -2.41. The van der Waals surface area contributed by atoms with Crippen LogP contribution in [0, 0.1) is 0 Å². The highest BCUT2D eigenvalue weighted by Crippen LogP contribution is 2.55. The monoisotopic (exact) mass is 484 g/mol. The first-order chi connectivity index (χ1) is 18.9. The second-order valence-corrected chi connectivity index (χ2v) is 10.1. The van der Waals surface area contributed by atoms with Gasteiger partial charge in [0.2, 0.25) is 0 Å². The molecule has 0 unspecified atom stereocenters. The van der Waals surface area contributed by atoms with Gasteiger partial charge in [0.05, 0.1) is 5.41 Å². The van der Waals surface area contributed by atoms with E-state index in [0.29, 0.717) is 0 Å². The lowest BCUT2D eigenvalue weighted by molar-refractivity contribution is 0.434. The highest BCUT2D eigenvalue weighted by atomic mass is 16.5. The quantitative estimate of drug-likeness (QED) is 0.222. The number of para-hydroxylation sites is 2. The maximum Gasteiger partial charge on any atom is 0.132 e. The van der Waals surface area contributed by atoms with Gasteiger partial charge in [0, 0.05) is 11.1 Å². The van der Waals surface area contributed by atoms with Gasteiger partial charge in [0.15, 0.2) is 0 Å². The van der Waals surface area contributed by atoms with E-state index in [2.05, 4.69) is 146 Å². The van der Waals surface area contributed by atoms with E-state index in [1.165, 1.54) is 43.4 Å². The Morgan fingerprint density at radius 3 is 1.37 bits per heavy atom. The maximum atomic E-state index is 6.49. The molecular formula is C37H24O. The molecule has 7 aromatic rings. The minimum atomic E-state index is -0.520. The molecule has 0 radical (unpaired) electrons. The summed E-state index contributed by atoms with van der Waals surface area (Å²) in [5, 5.41) is 7.69. The molecule has 0 amide bonds. The fourth-order valence-corrected chi connectivity index (χ4v) is 6.61. The summed E-state index contributed by atoms with van der Waals surface area (Å²) < 4.78 is 6.49. The molecule has 0 fully saturated rings. The predicted molar refractivity (Wildman–Crippen MR) is 157 cm³/mol. The molecule has 1 aliphatic heterocycles. The lowest BCUT2D eigenvalue weighted by Crippen LogP contribution is -2.34. The van der Waals surface area contributed by atoms with E-state index in [-0.39, 0.29) is 0 Å². The van der Waals surface area contributed by atoms with Crippen molar-refractivity contribution in [2.45, 2.75) is 5.41 Å². The standard InChI is InChI=1S/C37H24O/c1-2-12-25(13-3-1)37(33-18-8-10-20-35(33)38-36-21-11-9-19-34(36)37)26-22-23-31-29-16-5-4-14-27(29)28-15-6-7-17-30(28)32(31)24-26/h1-24H. The molecule has 178 valence electrons. The number of rotatable bonds is 2. The summed E-state index contributed by atoms with van der Waals surface area (Å²) in [5.74, 6) is 1.80. The molecule has 7 aromatic carbocycles. The smallest absolute Gasteiger partial charge is 0.132 e. The molecule has 38 heavy (non-hydrogen) atoms. The fraction of sp³-hybridized carbons (Fsp3) is 0.0270. The third kappa shape index (κ3) is 2.82. The van der Waals surface area contributed by atoms with E-state index < -0.39 is 5.41 Å². The third-order valence-corrected chi connectivity index (χ3v) is 8.19. The number of fused-ring (bicyclic) bond motifs is 8. The molecule has 1 heteroatoms. The van der Waals surface area contributed by atoms with Crippen molar-refractivity contribution in [1.82, 2.24) is 0 Å². The van der Waals surface area contributed by atoms with Gasteiger partial charge in [-0.1, -0.05) is 127 Å². The summed E-state index contributed by atoms with van der Waals surface area (Å²) in [6.45, 7) is 0. The van der Waals surface area contributed by atoms with Crippen molar-refractivity contribution in [2.75, 3.05) is 0 Å². The van der Waals surface area contributed by atoms with Crippen LogP contribution in [0.2, 0.25) is 0 Å². The lowest BCUT2D eigenvalue weighted by atomic mass is 9.63. The van der Waals surface area contributed by atoms with Crippen molar-refractivity contribution >= 4 is 32.3 Å². The molecule has 0 atom stereocenters. The van der Waals surface area contributed by atoms with E-state index in [0.717, 1.165) is 22.6 Å². The first kappa shape index (κ1) is 21.2. The Morgan fingerprint density at radius 1 is 0.342 bits per heavy atom. The van der Waals surface area contributed by atoms with Gasteiger partial charge in [-0.05, 0) is 61.6 Å². The number of ether oxygens (including phenoxy) is 1. The van der Waals surface area contributed by atoms with Gasteiger partial charge in [-0.3, -0.25) is 0 Å². The summed E-state index contributed by atoms with van der Waals surface area (Å²) in [5.41, 5.74) is 4.27. The molecule has 1 heterocycles. The molecule has 1 nitrogen and oxygen atoms in total. The van der Waals surface area contributed by atoms with Crippen molar-refractivity contribution in [2.24, 2.45) is 0 Å². The first-order valence-corrected chi connectivity index (χ1v) is 13.1. The predicted octanol–water partition coefficient (Wildman–Crippen LogP) is 9.63. The van der Waals surface area contributed by atoms with Crippen LogP contribution < -0.4 is 4.74 Å². The van der Waals surface area contributed by atoms with E-state index in [9.17, 15) is 0 Å². The minimum absolute atomic E-state index is 0.520. The molecular weight excluding hydrogens is 460 g/mol. The first-order valence-electron chi connectivity index (χ1n) is 13.1. The van der Waals surface area contributed by atoms with Crippen LogP contribution in [0.1, 0.15) is 22.3 Å². The van der Waals surface area contributed by atoms with Gasteiger partial charge >= 0.3 is 0 Å². The van der Waals surface area contributed by atoms with E-state index in [1.807, 2.05) is 0 Å². The second kappa shape index (κ2) is 8.06. The maximum absolute atomic E-state index is 6.49. The zero-order chi connectivity index (χ0) is 25.1. The Bertz CT molecular complexity index is 1920. The molecule has 0 aromatic heterocycles. The molecule has 8 rings (SSSR count). The van der Waals surface area contributed by atoms with Crippen molar-refractivity contribution < 1.29 is 4.74 Å². The summed E-state index contributed by atoms with van der Waals surface area (Å²) in [7, 11) is 0. The average Bonchev–Trinajstić information content (AvgIpc) is 3.00. The van der Waals surface area contributed by atoms with Gasteiger partial charge < -0.3 is 4.74 Å². The van der Waals surface area contributed by atoms with Crippen LogP contribution in [0.3, 0.4) is 0 Å². The Hall–Kier alpha value is -4.88. The largest absolute Gasteiger partial charge is 0.457 e. The van der Waals surface area contributed by atoms with Gasteiger partial charge in [-0.15, -0.1) is 0 Å². The molecule has 0 saturated heterocycles. The van der Waals surface area contributed by atoms with Crippen LogP contribution in [-0.4, -0.2) is 0 Å². The highest BCUT2D eigenvalue weighted by Gasteiger charge is 2.45. The van der Waals surface area contributed by atoms with Crippen LogP contribution in [-0.2, 0) is 5.41 Å². The summed E-state index contributed by atoms with van der Waals surface area (Å²) in [4.78, 5) is 0. The molecule has 0 bridgehead atoms. The minimum Gasteiger partial charge on any atom is -0.457 e. The van der Waals surface area contributed by atoms with Crippen molar-refractivity contribution in [3.63, 3.8) is 0 Å². The summed E-state index contributed by atoms with van der Waals surface area (Å²) in [6.07, 6.45) is 0. The Kier molecular flexibility index (Phi) is 4.50. The Balaban J connectivity index is 1.57. The average molecular weight is 485 g/mol. The zero-order valence-corrected chi connectivity index (χ0v) is 20.8. The van der Waals surface area contributed by atoms with Crippen LogP contribution in [0.25, 0.3) is 32.3 Å². The van der Waals surface area contributed by atoms with Crippen LogP contribution in [0.4, 0.5) is 0 Å². The summed E-state index contributed by atoms with van der Waals surface area (Å²) in [6, 6.07) is 52.5. The van der Waals surface area contributed by atoms with Crippen LogP contribution >= 0.6 is 0 Å². The highest BCUT2D eigenvalue weighted by molar-refractivity contribution is 6.25. The van der Waals surface area contributed by atoms with Gasteiger partial charge in [0.1, 0.15) is 11.5 Å². The van der Waals surface area contributed by atoms with Crippen LogP contribution in [0.5, 0.6) is 11.5 Å². The van der Waals surface area contributed by atoms with E-state index in [1.54, 1.807) is 0 Å². The summed E-state index contributed by atoms with van der Waals surface area (Å²) >= 11 is 0. The van der Waals surface area contributed by atoms with Gasteiger partial charge in [-0.25, -0.2) is 0 Å². The van der Waals surface area contributed by atoms with Crippen LogP contribution in [0.15, 0.2) is 146 Å². The molecule has 0 N–H and O–H groups in total. The van der Waals surface area contributed by atoms with Gasteiger partial charge in [0.25, 0.3) is 0 Å². The molecule has 0 spiro atoms. The topological polar surface area (TPSA) is 9.23 Å².